The number of carboxylic acids is 1. The molecule has 4 nitrogen and oxygen atoms in total. The summed E-state index contributed by atoms with van der Waals surface area (Å²) in [6.07, 6.45) is 3.88. The second kappa shape index (κ2) is 7.20. The summed E-state index contributed by atoms with van der Waals surface area (Å²) in [5.41, 5.74) is -0.0671. The molecule has 0 bridgehead atoms. The van der Waals surface area contributed by atoms with Gasteiger partial charge in [-0.05, 0) is 18.2 Å². The Labute approximate surface area is 87.4 Å². The topological polar surface area (TPSA) is 77.8 Å². The Hall–Kier alpha value is -2.23. The Morgan fingerprint density at radius 1 is 1.33 bits per heavy atom. The third-order valence-electron chi connectivity index (χ3n) is 1.36. The molecule has 0 atom stereocenters. The van der Waals surface area contributed by atoms with Crippen molar-refractivity contribution in [2.24, 2.45) is 0 Å². The van der Waals surface area contributed by atoms with E-state index in [9.17, 15) is 4.79 Å². The molecular weight excluding hydrogens is 196 g/mol. The Kier molecular flexibility index (Phi) is 6.13. The van der Waals surface area contributed by atoms with E-state index >= 15 is 0 Å². The summed E-state index contributed by atoms with van der Waals surface area (Å²) in [6.45, 7) is 3.30. The molecule has 1 aromatic carbocycles. The lowest BCUT2D eigenvalue weighted by molar-refractivity contribution is 0.0694. The van der Waals surface area contributed by atoms with Gasteiger partial charge in [-0.3, -0.25) is 0 Å². The molecule has 80 valence electrons. The fourth-order valence-corrected chi connectivity index (χ4v) is 0.715. The molecule has 0 aromatic heterocycles. The Bertz CT molecular complexity index is 355. The second-order valence-corrected chi connectivity index (χ2v) is 2.40. The number of hydrogen-bond donors (Lipinski definition) is 3. The standard InChI is InChI=1S/C7H6O3.C4H6O/c8-6-4-2-1-3-5(6)7(9)10;1-2-3-4-5/h1-4,8H,(H,9,10);2-5H,1H2. The Morgan fingerprint density at radius 2 is 1.93 bits per heavy atom. The summed E-state index contributed by atoms with van der Waals surface area (Å²) in [7, 11) is 0. The average molecular weight is 208 g/mol. The van der Waals surface area contributed by atoms with Gasteiger partial charge in [0.2, 0.25) is 0 Å². The van der Waals surface area contributed by atoms with Crippen molar-refractivity contribution in [1.29, 1.82) is 0 Å². The van der Waals surface area contributed by atoms with Gasteiger partial charge in [-0.25, -0.2) is 4.79 Å². The number of carbonyl (C=O) groups is 1. The molecule has 1 rings (SSSR count). The predicted octanol–water partition coefficient (Wildman–Crippen LogP) is 2.33. The molecule has 0 saturated carbocycles. The van der Waals surface area contributed by atoms with Crippen molar-refractivity contribution in [3.63, 3.8) is 0 Å². The fourth-order valence-electron chi connectivity index (χ4n) is 0.715. The van der Waals surface area contributed by atoms with Crippen molar-refractivity contribution < 1.29 is 20.1 Å². The van der Waals surface area contributed by atoms with E-state index in [2.05, 4.69) is 6.58 Å². The third-order valence-corrected chi connectivity index (χ3v) is 1.36. The zero-order chi connectivity index (χ0) is 11.7. The molecule has 4 heteroatoms. The number of aliphatic hydroxyl groups excluding tert-OH is 1. The van der Waals surface area contributed by atoms with E-state index in [0.717, 1.165) is 6.26 Å². The van der Waals surface area contributed by atoms with E-state index in [0.29, 0.717) is 0 Å². The first-order chi connectivity index (χ1) is 7.13. The number of benzene rings is 1. The number of phenols is 1. The number of aromatic hydroxyl groups is 1. The Morgan fingerprint density at radius 3 is 2.20 bits per heavy atom. The zero-order valence-corrected chi connectivity index (χ0v) is 8.00. The summed E-state index contributed by atoms with van der Waals surface area (Å²) in [4.78, 5) is 10.3. The maximum atomic E-state index is 10.3. The first kappa shape index (κ1) is 12.8. The van der Waals surface area contributed by atoms with E-state index in [4.69, 9.17) is 15.3 Å². The van der Waals surface area contributed by atoms with Crippen molar-refractivity contribution in [1.82, 2.24) is 0 Å². The van der Waals surface area contributed by atoms with Crippen molar-refractivity contribution in [2.75, 3.05) is 0 Å². The highest BCUT2D eigenvalue weighted by Crippen LogP contribution is 2.14. The quantitative estimate of drug-likeness (QED) is 0.515. The van der Waals surface area contributed by atoms with Crippen LogP contribution in [-0.4, -0.2) is 21.3 Å². The van der Waals surface area contributed by atoms with E-state index in [-0.39, 0.29) is 11.3 Å². The van der Waals surface area contributed by atoms with Crippen LogP contribution < -0.4 is 0 Å². The van der Waals surface area contributed by atoms with Gasteiger partial charge >= 0.3 is 5.97 Å². The molecule has 0 aliphatic rings. The van der Waals surface area contributed by atoms with Crippen LogP contribution in [0.25, 0.3) is 0 Å². The third kappa shape index (κ3) is 5.15. The van der Waals surface area contributed by atoms with Crippen LogP contribution in [0.15, 0.2) is 49.3 Å². The summed E-state index contributed by atoms with van der Waals surface area (Å²) >= 11 is 0. The largest absolute Gasteiger partial charge is 0.516 e. The average Bonchev–Trinajstić information content (AvgIpc) is 2.20. The molecule has 15 heavy (non-hydrogen) atoms. The molecule has 0 heterocycles. The highest BCUT2D eigenvalue weighted by Gasteiger charge is 2.05. The fraction of sp³-hybridized carbons (Fsp3) is 0. The number of allylic oxidation sites excluding steroid dienone is 2. The number of rotatable bonds is 2. The van der Waals surface area contributed by atoms with Gasteiger partial charge in [0.15, 0.2) is 0 Å². The molecule has 0 aliphatic heterocycles. The number of para-hydroxylation sites is 1. The molecule has 0 fully saturated rings. The van der Waals surface area contributed by atoms with E-state index < -0.39 is 5.97 Å². The van der Waals surface area contributed by atoms with Crippen molar-refractivity contribution >= 4 is 5.97 Å². The van der Waals surface area contributed by atoms with Gasteiger partial charge in [-0.1, -0.05) is 24.8 Å². The maximum absolute atomic E-state index is 10.3. The van der Waals surface area contributed by atoms with Crippen LogP contribution in [0.2, 0.25) is 0 Å². The van der Waals surface area contributed by atoms with Gasteiger partial charge in [0.1, 0.15) is 11.3 Å². The lowest BCUT2D eigenvalue weighted by Gasteiger charge is -1.95. The van der Waals surface area contributed by atoms with Gasteiger partial charge in [0.05, 0.1) is 6.26 Å². The summed E-state index contributed by atoms with van der Waals surface area (Å²) < 4.78 is 0. The molecule has 3 N–H and O–H groups in total. The zero-order valence-electron chi connectivity index (χ0n) is 8.00. The van der Waals surface area contributed by atoms with Crippen molar-refractivity contribution in [3.05, 3.63) is 54.8 Å². The van der Waals surface area contributed by atoms with Crippen LogP contribution in [0.3, 0.4) is 0 Å². The normalized spacial score (nSPS) is 9.07. The van der Waals surface area contributed by atoms with E-state index in [1.54, 1.807) is 12.1 Å². The van der Waals surface area contributed by atoms with Gasteiger partial charge in [-0.15, -0.1) is 0 Å². The van der Waals surface area contributed by atoms with E-state index in [1.165, 1.54) is 24.3 Å². The highest BCUT2D eigenvalue weighted by molar-refractivity contribution is 5.90. The summed E-state index contributed by atoms with van der Waals surface area (Å²) in [5.74, 6) is -1.31. The van der Waals surface area contributed by atoms with Gasteiger partial charge < -0.3 is 15.3 Å². The van der Waals surface area contributed by atoms with Crippen LogP contribution in [0.1, 0.15) is 10.4 Å². The monoisotopic (exact) mass is 208 g/mol. The molecule has 0 spiro atoms. The SMILES string of the molecule is C=CC=CO.O=C(O)c1ccccc1O. The lowest BCUT2D eigenvalue weighted by atomic mass is 10.2. The lowest BCUT2D eigenvalue weighted by Crippen LogP contribution is -1.95. The number of aliphatic hydroxyl groups is 1. The maximum Gasteiger partial charge on any atom is 0.339 e. The van der Waals surface area contributed by atoms with Crippen molar-refractivity contribution in [3.8, 4) is 5.75 Å². The number of hydrogen-bond acceptors (Lipinski definition) is 3. The number of aromatic carboxylic acids is 1. The molecule has 0 saturated heterocycles. The molecule has 1 aromatic rings. The minimum atomic E-state index is -1.11. The summed E-state index contributed by atoms with van der Waals surface area (Å²) in [5, 5.41) is 25.1. The first-order valence-corrected chi connectivity index (χ1v) is 4.06. The minimum absolute atomic E-state index is 0.0671. The molecule has 0 unspecified atom stereocenters. The van der Waals surface area contributed by atoms with Gasteiger partial charge in [-0.2, -0.15) is 0 Å². The predicted molar refractivity (Wildman–Crippen MR) is 57.0 cm³/mol. The molecule has 0 radical (unpaired) electrons. The van der Waals surface area contributed by atoms with E-state index in [1.807, 2.05) is 0 Å². The van der Waals surface area contributed by atoms with Crippen LogP contribution in [0.4, 0.5) is 0 Å². The molecular formula is C11H12O4. The van der Waals surface area contributed by atoms with Crippen molar-refractivity contribution in [2.45, 2.75) is 0 Å². The second-order valence-electron chi connectivity index (χ2n) is 2.40. The smallest absolute Gasteiger partial charge is 0.339 e. The molecule has 0 amide bonds. The first-order valence-electron chi connectivity index (χ1n) is 4.06. The Balaban J connectivity index is 0.000000336. The summed E-state index contributed by atoms with van der Waals surface area (Å²) in [6, 6.07) is 5.81. The minimum Gasteiger partial charge on any atom is -0.516 e. The van der Waals surface area contributed by atoms with Crippen LogP contribution in [0, 0.1) is 0 Å². The van der Waals surface area contributed by atoms with Gasteiger partial charge in [0, 0.05) is 0 Å². The van der Waals surface area contributed by atoms with Gasteiger partial charge in [0.25, 0.3) is 0 Å². The highest BCUT2D eigenvalue weighted by atomic mass is 16.4. The molecule has 0 aliphatic carbocycles. The van der Waals surface area contributed by atoms with Crippen LogP contribution in [0.5, 0.6) is 5.75 Å². The van der Waals surface area contributed by atoms with Crippen LogP contribution >= 0.6 is 0 Å². The number of carboxylic acid groups (broad SMARTS) is 1. The van der Waals surface area contributed by atoms with Crippen LogP contribution in [-0.2, 0) is 0 Å².